The first-order valence-electron chi connectivity index (χ1n) is 7.79. The van der Waals surface area contributed by atoms with Gasteiger partial charge in [-0.25, -0.2) is 4.79 Å². The molecular formula is C19H17BrN2O2S. The fourth-order valence-corrected chi connectivity index (χ4v) is 3.39. The zero-order chi connectivity index (χ0) is 17.8. The Labute approximate surface area is 160 Å². The molecule has 2 aromatic rings. The second-order valence-corrected chi connectivity index (χ2v) is 7.01. The van der Waals surface area contributed by atoms with Crippen molar-refractivity contribution in [1.29, 1.82) is 0 Å². The zero-order valence-electron chi connectivity index (χ0n) is 13.6. The van der Waals surface area contributed by atoms with Crippen LogP contribution in [0.25, 0.3) is 0 Å². The topological polar surface area (TPSA) is 50.4 Å². The number of rotatable bonds is 4. The molecular weight excluding hydrogens is 400 g/mol. The molecule has 3 rings (SSSR count). The van der Waals surface area contributed by atoms with Crippen LogP contribution in [0, 0.1) is 0 Å². The van der Waals surface area contributed by atoms with E-state index in [2.05, 4.69) is 26.6 Å². The summed E-state index contributed by atoms with van der Waals surface area (Å²) in [5.41, 5.74) is 3.11. The predicted molar refractivity (Wildman–Crippen MR) is 105 cm³/mol. The molecule has 4 nitrogen and oxygen atoms in total. The van der Waals surface area contributed by atoms with Crippen LogP contribution in [0.1, 0.15) is 24.1 Å². The van der Waals surface area contributed by atoms with Crippen LogP contribution in [0.3, 0.4) is 0 Å². The van der Waals surface area contributed by atoms with Crippen molar-refractivity contribution in [2.45, 2.75) is 19.6 Å². The maximum atomic E-state index is 12.7. The number of benzene rings is 2. The third-order valence-electron chi connectivity index (χ3n) is 3.88. The zero-order valence-corrected chi connectivity index (χ0v) is 16.0. The highest BCUT2D eigenvalue weighted by Crippen LogP contribution is 2.29. The number of allylic oxidation sites excluding steroid dienone is 1. The van der Waals surface area contributed by atoms with Crippen LogP contribution in [0.15, 0.2) is 70.3 Å². The summed E-state index contributed by atoms with van der Waals surface area (Å²) in [6, 6.07) is 17.0. The molecule has 2 aromatic carbocycles. The summed E-state index contributed by atoms with van der Waals surface area (Å²) < 4.78 is 6.46. The molecule has 25 heavy (non-hydrogen) atoms. The average molecular weight is 417 g/mol. The number of thiocarbonyl (C=S) groups is 1. The van der Waals surface area contributed by atoms with Gasteiger partial charge in [0, 0.05) is 10.2 Å². The lowest BCUT2D eigenvalue weighted by atomic mass is 9.96. The minimum absolute atomic E-state index is 0.228. The Morgan fingerprint density at radius 2 is 1.96 bits per heavy atom. The summed E-state index contributed by atoms with van der Waals surface area (Å²) in [7, 11) is 0. The molecule has 0 saturated heterocycles. The van der Waals surface area contributed by atoms with Crippen LogP contribution in [0.4, 0.5) is 0 Å². The van der Waals surface area contributed by atoms with Crippen LogP contribution < -0.4 is 10.6 Å². The molecule has 1 aliphatic heterocycles. The van der Waals surface area contributed by atoms with Gasteiger partial charge in [0.2, 0.25) is 0 Å². The molecule has 0 saturated carbocycles. The van der Waals surface area contributed by atoms with E-state index in [1.807, 2.05) is 61.5 Å². The smallest absolute Gasteiger partial charge is 0.338 e. The standard InChI is InChI=1S/C19H17BrN2O2S/c1-12-16(18(23)24-11-13-6-3-2-4-7-13)17(22-19(25)21-12)14-8-5-9-15(20)10-14/h2-10,17H,11H2,1H3,(H2,21,22,25). The van der Waals surface area contributed by atoms with Crippen LogP contribution in [-0.4, -0.2) is 11.1 Å². The molecule has 0 aliphatic carbocycles. The van der Waals surface area contributed by atoms with Gasteiger partial charge in [-0.2, -0.15) is 0 Å². The van der Waals surface area contributed by atoms with Crippen molar-refractivity contribution in [3.05, 3.63) is 81.5 Å². The van der Waals surface area contributed by atoms with Gasteiger partial charge in [0.25, 0.3) is 0 Å². The molecule has 128 valence electrons. The van der Waals surface area contributed by atoms with Gasteiger partial charge < -0.3 is 15.4 Å². The van der Waals surface area contributed by atoms with Gasteiger partial charge in [-0.3, -0.25) is 0 Å². The van der Waals surface area contributed by atoms with E-state index in [-0.39, 0.29) is 18.6 Å². The van der Waals surface area contributed by atoms with Gasteiger partial charge in [-0.15, -0.1) is 0 Å². The summed E-state index contributed by atoms with van der Waals surface area (Å²) in [6.45, 7) is 2.06. The van der Waals surface area contributed by atoms with Crippen molar-refractivity contribution >= 4 is 39.2 Å². The van der Waals surface area contributed by atoms with Gasteiger partial charge in [0.05, 0.1) is 11.6 Å². The largest absolute Gasteiger partial charge is 0.457 e. The van der Waals surface area contributed by atoms with Crippen LogP contribution in [-0.2, 0) is 16.1 Å². The Kier molecular flexibility index (Phi) is 5.50. The number of carbonyl (C=O) groups excluding carboxylic acids is 1. The van der Waals surface area contributed by atoms with Gasteiger partial charge in [-0.05, 0) is 42.4 Å². The van der Waals surface area contributed by atoms with Gasteiger partial charge >= 0.3 is 5.97 Å². The van der Waals surface area contributed by atoms with Crippen LogP contribution >= 0.6 is 28.1 Å². The number of esters is 1. The fraction of sp³-hybridized carbons (Fsp3) is 0.158. The van der Waals surface area contributed by atoms with E-state index in [1.165, 1.54) is 0 Å². The summed E-state index contributed by atoms with van der Waals surface area (Å²) >= 11 is 8.72. The van der Waals surface area contributed by atoms with E-state index in [9.17, 15) is 4.79 Å². The number of hydrogen-bond donors (Lipinski definition) is 2. The summed E-state index contributed by atoms with van der Waals surface area (Å²) in [4.78, 5) is 12.7. The molecule has 1 atom stereocenters. The van der Waals surface area contributed by atoms with Crippen molar-refractivity contribution in [3.63, 3.8) is 0 Å². The normalized spacial score (nSPS) is 16.9. The first kappa shape index (κ1) is 17.6. The Morgan fingerprint density at radius 3 is 2.68 bits per heavy atom. The van der Waals surface area contributed by atoms with E-state index in [1.54, 1.807) is 0 Å². The third-order valence-corrected chi connectivity index (χ3v) is 4.60. The van der Waals surface area contributed by atoms with Gasteiger partial charge in [-0.1, -0.05) is 58.4 Å². The monoisotopic (exact) mass is 416 g/mol. The molecule has 6 heteroatoms. The lowest BCUT2D eigenvalue weighted by molar-refractivity contribution is -0.140. The minimum Gasteiger partial charge on any atom is -0.457 e. The highest BCUT2D eigenvalue weighted by molar-refractivity contribution is 9.10. The Bertz CT molecular complexity index is 836. The van der Waals surface area contributed by atoms with E-state index in [0.29, 0.717) is 16.4 Å². The third kappa shape index (κ3) is 4.27. The number of carbonyl (C=O) groups is 1. The van der Waals surface area contributed by atoms with Crippen molar-refractivity contribution in [3.8, 4) is 0 Å². The second-order valence-electron chi connectivity index (χ2n) is 5.69. The maximum absolute atomic E-state index is 12.7. The Morgan fingerprint density at radius 1 is 1.20 bits per heavy atom. The van der Waals surface area contributed by atoms with Crippen molar-refractivity contribution in [2.75, 3.05) is 0 Å². The van der Waals surface area contributed by atoms with Crippen LogP contribution in [0.2, 0.25) is 0 Å². The SMILES string of the molecule is CC1=C(C(=O)OCc2ccccc2)C(c2cccc(Br)c2)NC(=S)N1. The highest BCUT2D eigenvalue weighted by Gasteiger charge is 2.31. The minimum atomic E-state index is -0.367. The molecule has 2 N–H and O–H groups in total. The molecule has 0 spiro atoms. The number of nitrogens with one attached hydrogen (secondary N) is 2. The van der Waals surface area contributed by atoms with E-state index >= 15 is 0 Å². The number of halogens is 1. The summed E-state index contributed by atoms with van der Waals surface area (Å²) in [5, 5.41) is 6.66. The second kappa shape index (κ2) is 7.80. The molecule has 0 amide bonds. The number of hydrogen-bond acceptors (Lipinski definition) is 3. The number of ether oxygens (including phenoxy) is 1. The Balaban J connectivity index is 1.85. The molecule has 0 fully saturated rings. The van der Waals surface area contributed by atoms with Gasteiger partial charge in [0.15, 0.2) is 5.11 Å². The molecule has 0 bridgehead atoms. The molecule has 0 radical (unpaired) electrons. The van der Waals surface area contributed by atoms with Crippen molar-refractivity contribution in [2.24, 2.45) is 0 Å². The summed E-state index contributed by atoms with van der Waals surface area (Å²) in [5.74, 6) is -0.367. The quantitative estimate of drug-likeness (QED) is 0.582. The molecule has 0 aromatic heterocycles. The molecule has 1 aliphatic rings. The molecule has 1 unspecified atom stereocenters. The molecule has 1 heterocycles. The van der Waals surface area contributed by atoms with Crippen molar-refractivity contribution < 1.29 is 9.53 Å². The lowest BCUT2D eigenvalue weighted by Crippen LogP contribution is -2.45. The van der Waals surface area contributed by atoms with E-state index in [0.717, 1.165) is 15.6 Å². The fourth-order valence-electron chi connectivity index (χ4n) is 2.70. The Hall–Kier alpha value is -2.18. The first-order valence-corrected chi connectivity index (χ1v) is 8.99. The van der Waals surface area contributed by atoms with Gasteiger partial charge in [0.1, 0.15) is 6.61 Å². The van der Waals surface area contributed by atoms with Crippen LogP contribution in [0.5, 0.6) is 0 Å². The summed E-state index contributed by atoms with van der Waals surface area (Å²) in [6.07, 6.45) is 0. The van der Waals surface area contributed by atoms with E-state index < -0.39 is 0 Å². The average Bonchev–Trinajstić information content (AvgIpc) is 2.60. The van der Waals surface area contributed by atoms with E-state index in [4.69, 9.17) is 17.0 Å². The lowest BCUT2D eigenvalue weighted by Gasteiger charge is -2.30. The maximum Gasteiger partial charge on any atom is 0.338 e. The first-order chi connectivity index (χ1) is 12.0. The highest BCUT2D eigenvalue weighted by atomic mass is 79.9. The van der Waals surface area contributed by atoms with Crippen molar-refractivity contribution in [1.82, 2.24) is 10.6 Å². The predicted octanol–water partition coefficient (Wildman–Crippen LogP) is 3.99.